The summed E-state index contributed by atoms with van der Waals surface area (Å²) in [7, 11) is 0. The first-order chi connectivity index (χ1) is 8.09. The van der Waals surface area contributed by atoms with Gasteiger partial charge in [-0.15, -0.1) is 0 Å². The van der Waals surface area contributed by atoms with Gasteiger partial charge in [-0.3, -0.25) is 0 Å². The van der Waals surface area contributed by atoms with Crippen LogP contribution in [-0.4, -0.2) is 12.1 Å². The lowest BCUT2D eigenvalue weighted by Crippen LogP contribution is -2.42. The summed E-state index contributed by atoms with van der Waals surface area (Å²) in [5.74, 6) is -1.56. The van der Waals surface area contributed by atoms with Crippen LogP contribution in [0.1, 0.15) is 40.2 Å². The van der Waals surface area contributed by atoms with Crippen LogP contribution in [0.3, 0.4) is 0 Å². The quantitative estimate of drug-likeness (QED) is 0.859. The Hall–Kier alpha value is -0.960. The Morgan fingerprint density at radius 2 is 1.61 bits per heavy atom. The molecule has 3 heteroatoms. The van der Waals surface area contributed by atoms with Crippen molar-refractivity contribution in [3.8, 4) is 0 Å². The van der Waals surface area contributed by atoms with Crippen molar-refractivity contribution in [2.24, 2.45) is 5.41 Å². The van der Waals surface area contributed by atoms with Gasteiger partial charge in [-0.05, 0) is 50.3 Å². The van der Waals surface area contributed by atoms with Gasteiger partial charge in [-0.25, -0.2) is 8.78 Å². The molecule has 1 rings (SSSR count). The van der Waals surface area contributed by atoms with E-state index in [4.69, 9.17) is 0 Å². The van der Waals surface area contributed by atoms with Crippen LogP contribution in [0.5, 0.6) is 0 Å². The summed E-state index contributed by atoms with van der Waals surface area (Å²) in [5.41, 5.74) is 0.887. The second kappa shape index (κ2) is 5.35. The molecule has 0 heterocycles. The van der Waals surface area contributed by atoms with Crippen molar-refractivity contribution in [2.75, 3.05) is 6.54 Å². The molecule has 0 atom stereocenters. The van der Waals surface area contributed by atoms with E-state index in [1.807, 2.05) is 0 Å². The third-order valence-corrected chi connectivity index (χ3v) is 2.76. The Kier molecular flexibility index (Phi) is 4.49. The van der Waals surface area contributed by atoms with E-state index in [-0.39, 0.29) is 11.0 Å². The van der Waals surface area contributed by atoms with Gasteiger partial charge in [0.05, 0.1) is 0 Å². The predicted octanol–water partition coefficient (Wildman–Crippen LogP) is 3.92. The van der Waals surface area contributed by atoms with Crippen LogP contribution >= 0.6 is 0 Å². The molecule has 0 fully saturated rings. The zero-order valence-electron chi connectivity index (χ0n) is 11.9. The van der Waals surface area contributed by atoms with Crippen LogP contribution in [0.4, 0.5) is 8.78 Å². The van der Waals surface area contributed by atoms with E-state index in [2.05, 4.69) is 39.9 Å². The lowest BCUT2D eigenvalue weighted by atomic mass is 9.85. The molecular formula is C15H23F2N. The van der Waals surface area contributed by atoms with E-state index in [1.54, 1.807) is 6.07 Å². The normalized spacial score (nSPS) is 12.8. The highest BCUT2D eigenvalue weighted by Gasteiger charge is 2.21. The van der Waals surface area contributed by atoms with Crippen LogP contribution < -0.4 is 5.32 Å². The molecule has 0 spiro atoms. The fourth-order valence-corrected chi connectivity index (χ4v) is 1.77. The number of rotatable bonds is 4. The average Bonchev–Trinajstić information content (AvgIpc) is 2.20. The van der Waals surface area contributed by atoms with E-state index in [9.17, 15) is 8.78 Å². The zero-order valence-corrected chi connectivity index (χ0v) is 11.9. The Labute approximate surface area is 109 Å². The lowest BCUT2D eigenvalue weighted by Gasteiger charge is -2.30. The molecule has 102 valence electrons. The van der Waals surface area contributed by atoms with Gasteiger partial charge in [0, 0.05) is 12.1 Å². The van der Waals surface area contributed by atoms with Crippen LogP contribution in [0, 0.1) is 17.0 Å². The molecule has 0 aliphatic heterocycles. The first kappa shape index (κ1) is 15.1. The molecule has 0 saturated carbocycles. The third-order valence-electron chi connectivity index (χ3n) is 2.76. The minimum atomic E-state index is -0.788. The average molecular weight is 255 g/mol. The van der Waals surface area contributed by atoms with Crippen molar-refractivity contribution in [3.05, 3.63) is 35.4 Å². The molecule has 1 aromatic carbocycles. The van der Waals surface area contributed by atoms with Crippen molar-refractivity contribution in [3.63, 3.8) is 0 Å². The maximum Gasteiger partial charge on any atom is 0.159 e. The minimum Gasteiger partial charge on any atom is -0.312 e. The van der Waals surface area contributed by atoms with Gasteiger partial charge in [0.1, 0.15) is 0 Å². The highest BCUT2D eigenvalue weighted by molar-refractivity contribution is 5.19. The number of hydrogen-bond acceptors (Lipinski definition) is 1. The van der Waals surface area contributed by atoms with Crippen LogP contribution in [0.15, 0.2) is 18.2 Å². The highest BCUT2D eigenvalue weighted by Crippen LogP contribution is 2.23. The summed E-state index contributed by atoms with van der Waals surface area (Å²) in [6.07, 6.45) is 0.716. The van der Waals surface area contributed by atoms with E-state index < -0.39 is 11.6 Å². The number of benzene rings is 1. The van der Waals surface area contributed by atoms with Crippen molar-refractivity contribution < 1.29 is 8.78 Å². The molecule has 0 aliphatic rings. The molecule has 1 N–H and O–H groups in total. The van der Waals surface area contributed by atoms with E-state index >= 15 is 0 Å². The van der Waals surface area contributed by atoms with Gasteiger partial charge in [0.25, 0.3) is 0 Å². The summed E-state index contributed by atoms with van der Waals surface area (Å²) in [6.45, 7) is 11.4. The van der Waals surface area contributed by atoms with Gasteiger partial charge in [-0.1, -0.05) is 19.9 Å². The maximum atomic E-state index is 13.1. The SMILES string of the molecule is CC(C)(CNC(C)(C)C)Cc1ccc(F)c(F)c1. The first-order valence-corrected chi connectivity index (χ1v) is 6.28. The first-order valence-electron chi connectivity index (χ1n) is 6.28. The summed E-state index contributed by atoms with van der Waals surface area (Å²) in [5, 5.41) is 3.44. The topological polar surface area (TPSA) is 12.0 Å². The Balaban J connectivity index is 2.67. The van der Waals surface area contributed by atoms with Crippen molar-refractivity contribution >= 4 is 0 Å². The molecule has 0 radical (unpaired) electrons. The summed E-state index contributed by atoms with van der Waals surface area (Å²) in [4.78, 5) is 0. The predicted molar refractivity (Wildman–Crippen MR) is 71.6 cm³/mol. The molecule has 1 nitrogen and oxygen atoms in total. The van der Waals surface area contributed by atoms with Gasteiger partial charge >= 0.3 is 0 Å². The van der Waals surface area contributed by atoms with Crippen molar-refractivity contribution in [1.82, 2.24) is 5.32 Å². The van der Waals surface area contributed by atoms with Gasteiger partial charge in [0.15, 0.2) is 11.6 Å². The largest absolute Gasteiger partial charge is 0.312 e. The second-order valence-corrected chi connectivity index (χ2v) is 6.69. The molecular weight excluding hydrogens is 232 g/mol. The van der Waals surface area contributed by atoms with Crippen LogP contribution in [0.25, 0.3) is 0 Å². The van der Waals surface area contributed by atoms with Crippen LogP contribution in [0.2, 0.25) is 0 Å². The van der Waals surface area contributed by atoms with Gasteiger partial charge in [0.2, 0.25) is 0 Å². The van der Waals surface area contributed by atoms with E-state index in [1.165, 1.54) is 12.1 Å². The van der Waals surface area contributed by atoms with E-state index in [0.717, 1.165) is 12.1 Å². The molecule has 1 aromatic rings. The second-order valence-electron chi connectivity index (χ2n) is 6.69. The number of hydrogen-bond donors (Lipinski definition) is 1. The lowest BCUT2D eigenvalue weighted by molar-refractivity contribution is 0.288. The van der Waals surface area contributed by atoms with Crippen molar-refractivity contribution in [1.29, 1.82) is 0 Å². The maximum absolute atomic E-state index is 13.1. The molecule has 0 aromatic heterocycles. The molecule has 0 unspecified atom stereocenters. The van der Waals surface area contributed by atoms with Gasteiger partial charge in [-0.2, -0.15) is 0 Å². The number of halogens is 2. The molecule has 0 amide bonds. The molecule has 0 bridgehead atoms. The zero-order chi connectivity index (χ0) is 14.0. The highest BCUT2D eigenvalue weighted by atomic mass is 19.2. The molecule has 0 aliphatic carbocycles. The Bertz CT molecular complexity index is 405. The summed E-state index contributed by atoms with van der Waals surface area (Å²) >= 11 is 0. The van der Waals surface area contributed by atoms with Gasteiger partial charge < -0.3 is 5.32 Å². The van der Waals surface area contributed by atoms with E-state index in [0.29, 0.717) is 6.42 Å². The Morgan fingerprint density at radius 3 is 2.11 bits per heavy atom. The third kappa shape index (κ3) is 5.13. The fourth-order valence-electron chi connectivity index (χ4n) is 1.77. The number of nitrogens with one attached hydrogen (secondary N) is 1. The minimum absolute atomic E-state index is 0.00243. The van der Waals surface area contributed by atoms with Crippen molar-refractivity contribution in [2.45, 2.75) is 46.6 Å². The summed E-state index contributed by atoms with van der Waals surface area (Å²) in [6, 6.07) is 4.13. The molecule has 18 heavy (non-hydrogen) atoms. The fraction of sp³-hybridized carbons (Fsp3) is 0.600. The summed E-state index contributed by atoms with van der Waals surface area (Å²) < 4.78 is 26.0. The smallest absolute Gasteiger partial charge is 0.159 e. The standard InChI is InChI=1S/C15H23F2N/c1-14(2,3)18-10-15(4,5)9-11-6-7-12(16)13(17)8-11/h6-8,18H,9-10H2,1-5H3. The molecule has 0 saturated heterocycles. The van der Waals surface area contributed by atoms with Crippen LogP contribution in [-0.2, 0) is 6.42 Å². The Morgan fingerprint density at radius 1 is 1.00 bits per heavy atom. The monoisotopic (exact) mass is 255 g/mol.